The van der Waals surface area contributed by atoms with Gasteiger partial charge in [-0.2, -0.15) is 0 Å². The van der Waals surface area contributed by atoms with E-state index in [1.54, 1.807) is 7.11 Å². The second-order valence-corrected chi connectivity index (χ2v) is 5.34. The van der Waals surface area contributed by atoms with Crippen LogP contribution in [0.4, 0.5) is 0 Å². The number of benzene rings is 2. The molecule has 0 atom stereocenters. The molecule has 0 N–H and O–H groups in total. The van der Waals surface area contributed by atoms with Crippen molar-refractivity contribution in [1.82, 2.24) is 9.55 Å². The molecule has 0 bridgehead atoms. The van der Waals surface area contributed by atoms with E-state index >= 15 is 0 Å². The quantitative estimate of drug-likeness (QED) is 0.691. The van der Waals surface area contributed by atoms with Crippen molar-refractivity contribution in [3.8, 4) is 5.75 Å². The maximum absolute atomic E-state index is 6.10. The molecule has 114 valence electrons. The van der Waals surface area contributed by atoms with E-state index in [0.717, 1.165) is 22.6 Å². The molecule has 0 radical (unpaired) electrons. The third-order valence-corrected chi connectivity index (χ3v) is 3.65. The lowest BCUT2D eigenvalue weighted by molar-refractivity contribution is 0.185. The first-order valence-electron chi connectivity index (χ1n) is 7.09. The van der Waals surface area contributed by atoms with E-state index < -0.39 is 0 Å². The number of hydrogen-bond donors (Lipinski definition) is 0. The molecule has 4 nitrogen and oxygen atoms in total. The molecule has 5 heteroatoms. The minimum atomic E-state index is 0.403. The number of rotatable bonds is 6. The van der Waals surface area contributed by atoms with Crippen LogP contribution in [0.3, 0.4) is 0 Å². The zero-order valence-electron chi connectivity index (χ0n) is 12.3. The van der Waals surface area contributed by atoms with Crippen molar-refractivity contribution in [2.24, 2.45) is 0 Å². The van der Waals surface area contributed by atoms with E-state index in [1.807, 2.05) is 48.5 Å². The standard InChI is InChI=1S/C17H17ClN2O2/c1-21-10-9-20-16-11-13(18)7-8-15(16)19-17(20)12-22-14-5-3-2-4-6-14/h2-8,11H,9-10,12H2,1H3. The van der Waals surface area contributed by atoms with Gasteiger partial charge in [-0.25, -0.2) is 4.98 Å². The number of methoxy groups -OCH3 is 1. The van der Waals surface area contributed by atoms with Gasteiger partial charge in [-0.3, -0.25) is 0 Å². The topological polar surface area (TPSA) is 36.3 Å². The average molecular weight is 317 g/mol. The number of ether oxygens (including phenoxy) is 2. The Balaban J connectivity index is 1.90. The molecule has 0 aliphatic carbocycles. The van der Waals surface area contributed by atoms with Crippen LogP contribution >= 0.6 is 11.6 Å². The normalized spacial score (nSPS) is 11.0. The Morgan fingerprint density at radius 3 is 2.73 bits per heavy atom. The fourth-order valence-corrected chi connectivity index (χ4v) is 2.52. The number of aromatic nitrogens is 2. The molecular weight excluding hydrogens is 300 g/mol. The predicted octanol–water partition coefficient (Wildman–Crippen LogP) is 3.92. The van der Waals surface area contributed by atoms with Crippen LogP contribution in [0.15, 0.2) is 48.5 Å². The lowest BCUT2D eigenvalue weighted by Crippen LogP contribution is -2.10. The monoisotopic (exact) mass is 316 g/mol. The molecule has 0 unspecified atom stereocenters. The second-order valence-electron chi connectivity index (χ2n) is 4.91. The Kier molecular flexibility index (Phi) is 4.61. The van der Waals surface area contributed by atoms with Crippen molar-refractivity contribution in [3.63, 3.8) is 0 Å². The summed E-state index contributed by atoms with van der Waals surface area (Å²) < 4.78 is 13.1. The van der Waals surface area contributed by atoms with Gasteiger partial charge in [0.1, 0.15) is 18.2 Å². The molecule has 0 fully saturated rings. The molecule has 0 aliphatic rings. The van der Waals surface area contributed by atoms with Crippen LogP contribution in [0, 0.1) is 0 Å². The highest BCUT2D eigenvalue weighted by Gasteiger charge is 2.11. The third-order valence-electron chi connectivity index (χ3n) is 3.42. The molecular formula is C17H17ClN2O2. The number of hydrogen-bond acceptors (Lipinski definition) is 3. The van der Waals surface area contributed by atoms with Crippen LogP contribution in [0.1, 0.15) is 5.82 Å². The Labute approximate surface area is 134 Å². The van der Waals surface area contributed by atoms with E-state index in [2.05, 4.69) is 9.55 Å². The summed E-state index contributed by atoms with van der Waals surface area (Å²) in [6, 6.07) is 15.4. The van der Waals surface area contributed by atoms with E-state index in [4.69, 9.17) is 21.1 Å². The minimum Gasteiger partial charge on any atom is -0.486 e. The van der Waals surface area contributed by atoms with E-state index in [9.17, 15) is 0 Å². The molecule has 2 aromatic carbocycles. The van der Waals surface area contributed by atoms with Crippen molar-refractivity contribution >= 4 is 22.6 Å². The maximum Gasteiger partial charge on any atom is 0.148 e. The number of para-hydroxylation sites is 1. The van der Waals surface area contributed by atoms with Crippen molar-refractivity contribution in [1.29, 1.82) is 0 Å². The van der Waals surface area contributed by atoms with Gasteiger partial charge in [0.25, 0.3) is 0 Å². The highest BCUT2D eigenvalue weighted by molar-refractivity contribution is 6.31. The zero-order valence-corrected chi connectivity index (χ0v) is 13.1. The molecule has 3 aromatic rings. The highest BCUT2D eigenvalue weighted by atomic mass is 35.5. The summed E-state index contributed by atoms with van der Waals surface area (Å²) in [6.07, 6.45) is 0. The smallest absolute Gasteiger partial charge is 0.148 e. The summed E-state index contributed by atoms with van der Waals surface area (Å²) in [4.78, 5) is 4.65. The van der Waals surface area contributed by atoms with Crippen LogP contribution in [0.2, 0.25) is 5.02 Å². The van der Waals surface area contributed by atoms with Gasteiger partial charge in [0.2, 0.25) is 0 Å². The SMILES string of the molecule is COCCn1c(COc2ccccc2)nc2ccc(Cl)cc21. The van der Waals surface area contributed by atoms with Crippen LogP contribution in [-0.2, 0) is 17.9 Å². The number of fused-ring (bicyclic) bond motifs is 1. The minimum absolute atomic E-state index is 0.403. The van der Waals surface area contributed by atoms with Gasteiger partial charge in [-0.15, -0.1) is 0 Å². The second kappa shape index (κ2) is 6.81. The molecule has 0 saturated carbocycles. The fourth-order valence-electron chi connectivity index (χ4n) is 2.35. The molecule has 22 heavy (non-hydrogen) atoms. The first-order chi connectivity index (χ1) is 10.8. The van der Waals surface area contributed by atoms with Gasteiger partial charge in [0.15, 0.2) is 0 Å². The maximum atomic E-state index is 6.10. The number of halogens is 1. The summed E-state index contributed by atoms with van der Waals surface area (Å²) in [5.41, 5.74) is 1.91. The highest BCUT2D eigenvalue weighted by Crippen LogP contribution is 2.22. The molecule has 0 aliphatic heterocycles. The van der Waals surface area contributed by atoms with Crippen molar-refractivity contribution in [3.05, 3.63) is 59.4 Å². The van der Waals surface area contributed by atoms with Crippen LogP contribution in [0.5, 0.6) is 5.75 Å². The summed E-state index contributed by atoms with van der Waals surface area (Å²) in [7, 11) is 1.69. The number of nitrogens with zero attached hydrogens (tertiary/aromatic N) is 2. The van der Waals surface area contributed by atoms with E-state index in [-0.39, 0.29) is 0 Å². The van der Waals surface area contributed by atoms with Crippen LogP contribution in [-0.4, -0.2) is 23.3 Å². The first kappa shape index (κ1) is 14.9. The molecule has 1 heterocycles. The van der Waals surface area contributed by atoms with Crippen LogP contribution < -0.4 is 4.74 Å². The van der Waals surface area contributed by atoms with Gasteiger partial charge >= 0.3 is 0 Å². The van der Waals surface area contributed by atoms with Crippen molar-refractivity contribution in [2.75, 3.05) is 13.7 Å². The average Bonchev–Trinajstić information content (AvgIpc) is 2.89. The molecule has 0 saturated heterocycles. The van der Waals surface area contributed by atoms with E-state index in [0.29, 0.717) is 24.8 Å². The summed E-state index contributed by atoms with van der Waals surface area (Å²) in [6.45, 7) is 1.72. The Bertz CT molecular complexity index is 756. The summed E-state index contributed by atoms with van der Waals surface area (Å²) in [5.74, 6) is 1.68. The first-order valence-corrected chi connectivity index (χ1v) is 7.47. The van der Waals surface area contributed by atoms with Crippen molar-refractivity contribution < 1.29 is 9.47 Å². The lowest BCUT2D eigenvalue weighted by Gasteiger charge is -2.10. The zero-order chi connectivity index (χ0) is 15.4. The van der Waals surface area contributed by atoms with Gasteiger partial charge < -0.3 is 14.0 Å². The molecule has 3 rings (SSSR count). The van der Waals surface area contributed by atoms with Crippen molar-refractivity contribution in [2.45, 2.75) is 13.2 Å². The Morgan fingerprint density at radius 1 is 1.14 bits per heavy atom. The van der Waals surface area contributed by atoms with Gasteiger partial charge in [0.05, 0.1) is 17.6 Å². The van der Waals surface area contributed by atoms with Gasteiger partial charge in [-0.05, 0) is 30.3 Å². The predicted molar refractivity (Wildman–Crippen MR) is 87.4 cm³/mol. The molecule has 0 spiro atoms. The molecule has 1 aromatic heterocycles. The van der Waals surface area contributed by atoms with E-state index in [1.165, 1.54) is 0 Å². The fraction of sp³-hybridized carbons (Fsp3) is 0.235. The summed E-state index contributed by atoms with van der Waals surface area (Å²) >= 11 is 6.10. The largest absolute Gasteiger partial charge is 0.486 e. The number of imidazole rings is 1. The Morgan fingerprint density at radius 2 is 1.95 bits per heavy atom. The van der Waals surface area contributed by atoms with Gasteiger partial charge in [0, 0.05) is 18.7 Å². The van der Waals surface area contributed by atoms with Crippen LogP contribution in [0.25, 0.3) is 11.0 Å². The molecule has 0 amide bonds. The lowest BCUT2D eigenvalue weighted by atomic mass is 10.3. The third kappa shape index (κ3) is 3.24. The Hall–Kier alpha value is -2.04. The van der Waals surface area contributed by atoms with Gasteiger partial charge in [-0.1, -0.05) is 29.8 Å². The summed E-state index contributed by atoms with van der Waals surface area (Å²) in [5, 5.41) is 0.696.